The van der Waals surface area contributed by atoms with Crippen molar-refractivity contribution in [3.05, 3.63) is 29.3 Å². The van der Waals surface area contributed by atoms with Gasteiger partial charge in [0.2, 0.25) is 0 Å². The predicted octanol–water partition coefficient (Wildman–Crippen LogP) is 0.374. The van der Waals surface area contributed by atoms with Crippen molar-refractivity contribution < 1.29 is 21.6 Å². The number of sulfone groups is 2. The van der Waals surface area contributed by atoms with E-state index in [1.807, 2.05) is 6.07 Å². The largest absolute Gasteiger partial charge is 0.496 e. The summed E-state index contributed by atoms with van der Waals surface area (Å²) < 4.78 is 51.5. The van der Waals surface area contributed by atoms with Crippen molar-refractivity contribution in [1.29, 1.82) is 0 Å². The van der Waals surface area contributed by atoms with E-state index < -0.39 is 19.7 Å². The number of hydrogen-bond acceptors (Lipinski definition) is 6. The lowest BCUT2D eigenvalue weighted by Crippen LogP contribution is -2.18. The number of nitrogens with one attached hydrogen (secondary N) is 1. The van der Waals surface area contributed by atoms with Gasteiger partial charge in [0, 0.05) is 18.4 Å². The molecule has 0 radical (unpaired) electrons. The Morgan fingerprint density at radius 3 is 2.33 bits per heavy atom. The average molecular weight is 335 g/mol. The zero-order valence-electron chi connectivity index (χ0n) is 12.4. The summed E-state index contributed by atoms with van der Waals surface area (Å²) in [5.74, 6) is -0.500. The Kier molecular flexibility index (Phi) is 6.18. The van der Waals surface area contributed by atoms with Gasteiger partial charge in [0.15, 0.2) is 9.84 Å². The average Bonchev–Trinajstić information content (AvgIpc) is 2.36. The second-order valence-corrected chi connectivity index (χ2v) is 9.34. The third kappa shape index (κ3) is 6.45. The zero-order chi connectivity index (χ0) is 16.1. The molecule has 0 atom stereocenters. The van der Waals surface area contributed by atoms with E-state index in [-0.39, 0.29) is 17.3 Å². The van der Waals surface area contributed by atoms with Crippen LogP contribution < -0.4 is 10.1 Å². The highest BCUT2D eigenvalue weighted by Crippen LogP contribution is 2.22. The van der Waals surface area contributed by atoms with Gasteiger partial charge in [-0.3, -0.25) is 0 Å². The van der Waals surface area contributed by atoms with Crippen molar-refractivity contribution in [1.82, 2.24) is 5.32 Å². The molecular weight excluding hydrogens is 314 g/mol. The number of rotatable bonds is 8. The van der Waals surface area contributed by atoms with E-state index in [1.165, 1.54) is 7.11 Å². The number of benzene rings is 1. The van der Waals surface area contributed by atoms with Crippen LogP contribution in [0.15, 0.2) is 18.2 Å². The minimum absolute atomic E-state index is 0.233. The molecule has 0 aliphatic heterocycles. The first-order valence-corrected chi connectivity index (χ1v) is 10.2. The van der Waals surface area contributed by atoms with Crippen molar-refractivity contribution in [2.75, 3.05) is 31.9 Å². The normalized spacial score (nSPS) is 12.3. The van der Waals surface area contributed by atoms with Crippen molar-refractivity contribution in [3.8, 4) is 5.75 Å². The van der Waals surface area contributed by atoms with Gasteiger partial charge in [0.05, 0.1) is 24.4 Å². The van der Waals surface area contributed by atoms with Crippen molar-refractivity contribution >= 4 is 19.7 Å². The molecule has 1 aromatic carbocycles. The number of methoxy groups -OCH3 is 1. The smallest absolute Gasteiger partial charge is 0.155 e. The highest BCUT2D eigenvalue weighted by Gasteiger charge is 2.18. The molecule has 0 aliphatic carbocycles. The van der Waals surface area contributed by atoms with Crippen LogP contribution in [0.2, 0.25) is 0 Å². The fourth-order valence-corrected chi connectivity index (χ4v) is 4.92. The van der Waals surface area contributed by atoms with Gasteiger partial charge in [0.25, 0.3) is 0 Å². The summed E-state index contributed by atoms with van der Waals surface area (Å²) in [5.41, 5.74) is 1.48. The Morgan fingerprint density at radius 2 is 1.81 bits per heavy atom. The molecule has 0 amide bonds. The lowest BCUT2D eigenvalue weighted by Gasteiger charge is -2.11. The maximum Gasteiger partial charge on any atom is 0.155 e. The second-order valence-electron chi connectivity index (χ2n) is 4.90. The Balaban J connectivity index is 2.96. The maximum absolute atomic E-state index is 12.0. The summed E-state index contributed by atoms with van der Waals surface area (Å²) in [6, 6.07) is 5.32. The van der Waals surface area contributed by atoms with E-state index in [0.717, 1.165) is 11.8 Å². The maximum atomic E-state index is 12.0. The minimum atomic E-state index is -3.51. The lowest BCUT2D eigenvalue weighted by molar-refractivity contribution is 0.410. The fourth-order valence-electron chi connectivity index (χ4n) is 1.85. The fraction of sp³-hybridized carbons (Fsp3) is 0.538. The Hall–Kier alpha value is -1.12. The standard InChI is InChI=1S/C13H21NO5S2/c1-14-9-11-4-5-13(19-2)12(8-11)10-21(17,18)7-6-20(3,15)16/h4-5,8,14H,6-7,9-10H2,1-3H3. The van der Waals surface area contributed by atoms with Gasteiger partial charge in [0.1, 0.15) is 15.6 Å². The second kappa shape index (κ2) is 7.24. The summed E-state index contributed by atoms with van der Waals surface area (Å²) in [7, 11) is -3.54. The van der Waals surface area contributed by atoms with Crippen LogP contribution in [-0.4, -0.2) is 48.8 Å². The van der Waals surface area contributed by atoms with Gasteiger partial charge in [-0.25, -0.2) is 16.8 Å². The molecule has 1 aromatic rings. The van der Waals surface area contributed by atoms with Crippen molar-refractivity contribution in [2.45, 2.75) is 12.3 Å². The van der Waals surface area contributed by atoms with Gasteiger partial charge in [-0.2, -0.15) is 0 Å². The van der Waals surface area contributed by atoms with Gasteiger partial charge in [-0.1, -0.05) is 6.07 Å². The van der Waals surface area contributed by atoms with E-state index >= 15 is 0 Å². The molecule has 0 spiro atoms. The van der Waals surface area contributed by atoms with Crippen LogP contribution >= 0.6 is 0 Å². The third-order valence-electron chi connectivity index (χ3n) is 2.87. The first kappa shape index (κ1) is 17.9. The van der Waals surface area contributed by atoms with Crippen LogP contribution in [0.1, 0.15) is 11.1 Å². The molecule has 1 N–H and O–H groups in total. The summed E-state index contributed by atoms with van der Waals surface area (Å²) in [6.07, 6.45) is 1.02. The van der Waals surface area contributed by atoms with E-state index in [9.17, 15) is 16.8 Å². The van der Waals surface area contributed by atoms with Gasteiger partial charge >= 0.3 is 0 Å². The molecule has 0 heterocycles. The molecule has 0 bridgehead atoms. The lowest BCUT2D eigenvalue weighted by atomic mass is 10.1. The van der Waals surface area contributed by atoms with Crippen LogP contribution in [0, 0.1) is 0 Å². The summed E-state index contributed by atoms with van der Waals surface area (Å²) in [4.78, 5) is 0. The molecule has 0 unspecified atom stereocenters. The Bertz CT molecular complexity index is 681. The molecule has 0 saturated heterocycles. The molecule has 120 valence electrons. The summed E-state index contributed by atoms with van der Waals surface area (Å²) in [6.45, 7) is 0.611. The third-order valence-corrected chi connectivity index (χ3v) is 5.65. The Morgan fingerprint density at radius 1 is 1.14 bits per heavy atom. The topological polar surface area (TPSA) is 89.5 Å². The van der Waals surface area contributed by atoms with E-state index in [0.29, 0.717) is 17.9 Å². The van der Waals surface area contributed by atoms with E-state index in [2.05, 4.69) is 5.32 Å². The van der Waals surface area contributed by atoms with Crippen molar-refractivity contribution in [2.24, 2.45) is 0 Å². The molecule has 0 aliphatic rings. The van der Waals surface area contributed by atoms with E-state index in [4.69, 9.17) is 4.74 Å². The minimum Gasteiger partial charge on any atom is -0.496 e. The van der Waals surface area contributed by atoms with Crippen LogP contribution in [0.5, 0.6) is 5.75 Å². The molecule has 1 rings (SSSR count). The molecule has 6 nitrogen and oxygen atoms in total. The Labute approximate surface area is 126 Å². The quantitative estimate of drug-likeness (QED) is 0.738. The highest BCUT2D eigenvalue weighted by atomic mass is 32.2. The van der Waals surface area contributed by atoms with Crippen LogP contribution in [0.25, 0.3) is 0 Å². The van der Waals surface area contributed by atoms with Gasteiger partial charge in [-0.15, -0.1) is 0 Å². The number of ether oxygens (including phenoxy) is 1. The molecule has 0 saturated carbocycles. The number of hydrogen-bond donors (Lipinski definition) is 1. The molecular formula is C13H21NO5S2. The van der Waals surface area contributed by atoms with E-state index in [1.54, 1.807) is 19.2 Å². The summed E-state index contributed by atoms with van der Waals surface area (Å²) in [5, 5.41) is 2.99. The van der Waals surface area contributed by atoms with Crippen LogP contribution in [0.3, 0.4) is 0 Å². The van der Waals surface area contributed by atoms with Crippen LogP contribution in [-0.2, 0) is 32.0 Å². The first-order valence-electron chi connectivity index (χ1n) is 6.35. The highest BCUT2D eigenvalue weighted by molar-refractivity contribution is 7.94. The van der Waals surface area contributed by atoms with Crippen LogP contribution in [0.4, 0.5) is 0 Å². The zero-order valence-corrected chi connectivity index (χ0v) is 14.1. The van der Waals surface area contributed by atoms with Crippen molar-refractivity contribution in [3.63, 3.8) is 0 Å². The molecule has 0 fully saturated rings. The molecule has 8 heteroatoms. The predicted molar refractivity (Wildman–Crippen MR) is 83.0 cm³/mol. The first-order chi connectivity index (χ1) is 9.67. The molecule has 21 heavy (non-hydrogen) atoms. The molecule has 0 aromatic heterocycles. The SMILES string of the molecule is CNCc1ccc(OC)c(CS(=O)(=O)CCS(C)(=O)=O)c1. The monoisotopic (exact) mass is 335 g/mol. The van der Waals surface area contributed by atoms with Gasteiger partial charge in [-0.05, 0) is 24.7 Å². The summed E-state index contributed by atoms with van der Waals surface area (Å²) >= 11 is 0. The van der Waals surface area contributed by atoms with Gasteiger partial charge < -0.3 is 10.1 Å².